The second-order valence-electron chi connectivity index (χ2n) is 5.81. The molecule has 0 aliphatic carbocycles. The molecule has 0 aromatic carbocycles. The van der Waals surface area contributed by atoms with E-state index in [1.807, 2.05) is 0 Å². The van der Waals surface area contributed by atoms with Crippen molar-refractivity contribution >= 4 is 6.03 Å². The number of carbonyl (C=O) groups is 1. The predicted octanol–water partition coefficient (Wildman–Crippen LogP) is 2.60. The Kier molecular flexibility index (Phi) is 3.72. The fourth-order valence-corrected chi connectivity index (χ4v) is 2.95. The van der Waals surface area contributed by atoms with Crippen LogP contribution in [0.4, 0.5) is 18.0 Å². The first-order valence-corrected chi connectivity index (χ1v) is 7.22. The normalized spacial score (nSPS) is 25.5. The number of urea groups is 1. The van der Waals surface area contributed by atoms with Crippen molar-refractivity contribution < 1.29 is 18.0 Å². The molecular formula is C14H17F3N4O. The van der Waals surface area contributed by atoms with E-state index in [2.05, 4.69) is 17.3 Å². The summed E-state index contributed by atoms with van der Waals surface area (Å²) >= 11 is 0. The van der Waals surface area contributed by atoms with Gasteiger partial charge in [0, 0.05) is 12.7 Å². The predicted molar refractivity (Wildman–Crippen MR) is 72.2 cm³/mol. The van der Waals surface area contributed by atoms with Crippen molar-refractivity contribution in [2.24, 2.45) is 5.92 Å². The summed E-state index contributed by atoms with van der Waals surface area (Å²) in [6, 6.07) is 2.16. The minimum atomic E-state index is -4.45. The number of rotatable bonds is 2. The molecule has 0 radical (unpaired) electrons. The maximum atomic E-state index is 12.5. The summed E-state index contributed by atoms with van der Waals surface area (Å²) in [6.45, 7) is 2.99. The van der Waals surface area contributed by atoms with Gasteiger partial charge >= 0.3 is 12.2 Å². The van der Waals surface area contributed by atoms with Crippen LogP contribution in [0.1, 0.15) is 31.0 Å². The number of nitrogens with one attached hydrogen (secondary N) is 1. The van der Waals surface area contributed by atoms with Crippen LogP contribution in [0.2, 0.25) is 0 Å². The molecule has 5 nitrogen and oxygen atoms in total. The van der Waals surface area contributed by atoms with Gasteiger partial charge in [-0.05, 0) is 30.4 Å². The molecule has 22 heavy (non-hydrogen) atoms. The van der Waals surface area contributed by atoms with Gasteiger partial charge in [-0.25, -0.2) is 10.2 Å². The van der Waals surface area contributed by atoms with Crippen molar-refractivity contribution in [2.75, 3.05) is 6.54 Å². The van der Waals surface area contributed by atoms with Crippen LogP contribution >= 0.6 is 0 Å². The number of halogens is 3. The summed E-state index contributed by atoms with van der Waals surface area (Å²) in [7, 11) is 0. The molecule has 3 heterocycles. The number of piperidine rings is 1. The number of hydrogen-bond acceptors (Lipinski definition) is 3. The monoisotopic (exact) mass is 314 g/mol. The third-order valence-electron chi connectivity index (χ3n) is 4.15. The Morgan fingerprint density at radius 1 is 1.41 bits per heavy atom. The van der Waals surface area contributed by atoms with E-state index in [-0.39, 0.29) is 18.7 Å². The lowest BCUT2D eigenvalue weighted by Gasteiger charge is -2.32. The molecule has 3 rings (SSSR count). The highest BCUT2D eigenvalue weighted by Gasteiger charge is 2.41. The molecule has 0 spiro atoms. The van der Waals surface area contributed by atoms with Gasteiger partial charge in [-0.3, -0.25) is 9.99 Å². The smallest absolute Gasteiger partial charge is 0.306 e. The summed E-state index contributed by atoms with van der Waals surface area (Å²) in [5.74, 6) is 0.355. The van der Waals surface area contributed by atoms with Crippen LogP contribution < -0.4 is 5.43 Å². The van der Waals surface area contributed by atoms with Gasteiger partial charge in [0.15, 0.2) is 0 Å². The zero-order valence-electron chi connectivity index (χ0n) is 12.1. The van der Waals surface area contributed by atoms with Crippen LogP contribution in [0, 0.1) is 5.92 Å². The SMILES string of the molecule is C[C@@H]1CCCN2C(=O)N(Cc3ccc(C(F)(F)F)nc3)NC12. The van der Waals surface area contributed by atoms with E-state index >= 15 is 0 Å². The first-order chi connectivity index (χ1) is 10.4. The Bertz CT molecular complexity index is 560. The molecule has 8 heteroatoms. The Morgan fingerprint density at radius 2 is 2.18 bits per heavy atom. The lowest BCUT2D eigenvalue weighted by molar-refractivity contribution is -0.141. The molecule has 1 N–H and O–H groups in total. The number of alkyl halides is 3. The van der Waals surface area contributed by atoms with E-state index < -0.39 is 11.9 Å². The number of aromatic nitrogens is 1. The largest absolute Gasteiger partial charge is 0.433 e. The van der Waals surface area contributed by atoms with Gasteiger partial charge in [0.05, 0.1) is 6.54 Å². The minimum Gasteiger partial charge on any atom is -0.306 e. The second kappa shape index (κ2) is 5.42. The molecule has 0 saturated carbocycles. The number of pyridine rings is 1. The topological polar surface area (TPSA) is 48.5 Å². The molecule has 120 valence electrons. The highest BCUT2D eigenvalue weighted by molar-refractivity contribution is 5.76. The minimum absolute atomic E-state index is 0.0244. The Labute approximate surface area is 126 Å². The number of carbonyl (C=O) groups excluding carboxylic acids is 1. The molecule has 2 atom stereocenters. The van der Waals surface area contributed by atoms with Gasteiger partial charge in [-0.15, -0.1) is 0 Å². The van der Waals surface area contributed by atoms with Crippen molar-refractivity contribution in [1.29, 1.82) is 0 Å². The van der Waals surface area contributed by atoms with Gasteiger partial charge in [0.1, 0.15) is 11.9 Å². The lowest BCUT2D eigenvalue weighted by Crippen LogP contribution is -2.46. The van der Waals surface area contributed by atoms with Crippen molar-refractivity contribution in [1.82, 2.24) is 20.3 Å². The van der Waals surface area contributed by atoms with E-state index in [0.29, 0.717) is 18.0 Å². The lowest BCUT2D eigenvalue weighted by atomic mass is 9.97. The average molecular weight is 314 g/mol. The highest BCUT2D eigenvalue weighted by atomic mass is 19.4. The molecule has 2 saturated heterocycles. The maximum absolute atomic E-state index is 12.5. The molecule has 2 fully saturated rings. The van der Waals surface area contributed by atoms with Crippen LogP contribution in [0.25, 0.3) is 0 Å². The van der Waals surface area contributed by atoms with Crippen molar-refractivity contribution in [3.63, 3.8) is 0 Å². The molecule has 1 aromatic heterocycles. The van der Waals surface area contributed by atoms with E-state index in [4.69, 9.17) is 0 Å². The number of hydrogen-bond donors (Lipinski definition) is 1. The standard InChI is InChI=1S/C14H17F3N4O/c1-9-3-2-6-20-12(9)19-21(13(20)22)8-10-4-5-11(18-7-10)14(15,16)17/h4-5,7,9,12,19H,2-3,6,8H2,1H3/t9-,12?/m1/s1. The fraction of sp³-hybridized carbons (Fsp3) is 0.571. The third-order valence-corrected chi connectivity index (χ3v) is 4.15. The Balaban J connectivity index is 1.70. The van der Waals surface area contributed by atoms with E-state index in [1.54, 1.807) is 4.90 Å². The van der Waals surface area contributed by atoms with Crippen LogP contribution in [-0.2, 0) is 12.7 Å². The summed E-state index contributed by atoms with van der Waals surface area (Å²) in [6.07, 6.45) is -1.28. The summed E-state index contributed by atoms with van der Waals surface area (Å²) in [5.41, 5.74) is 2.77. The molecule has 2 aliphatic rings. The molecule has 2 aliphatic heterocycles. The van der Waals surface area contributed by atoms with Gasteiger partial charge < -0.3 is 4.90 Å². The number of fused-ring (bicyclic) bond motifs is 1. The molecule has 0 bridgehead atoms. The van der Waals surface area contributed by atoms with Crippen molar-refractivity contribution in [2.45, 2.75) is 38.7 Å². The Morgan fingerprint density at radius 3 is 2.77 bits per heavy atom. The second-order valence-corrected chi connectivity index (χ2v) is 5.81. The molecule has 2 amide bonds. The average Bonchev–Trinajstić information content (AvgIpc) is 2.77. The first kappa shape index (κ1) is 15.1. The van der Waals surface area contributed by atoms with Crippen LogP contribution in [0.5, 0.6) is 0 Å². The van der Waals surface area contributed by atoms with E-state index in [1.165, 1.54) is 17.3 Å². The zero-order chi connectivity index (χ0) is 15.9. The number of hydrazine groups is 1. The third kappa shape index (κ3) is 2.75. The van der Waals surface area contributed by atoms with Gasteiger partial charge in [-0.2, -0.15) is 13.2 Å². The molecular weight excluding hydrogens is 297 g/mol. The van der Waals surface area contributed by atoms with Crippen LogP contribution in [0.15, 0.2) is 18.3 Å². The van der Waals surface area contributed by atoms with Gasteiger partial charge in [-0.1, -0.05) is 13.0 Å². The summed E-state index contributed by atoms with van der Waals surface area (Å²) in [4.78, 5) is 17.5. The van der Waals surface area contributed by atoms with Gasteiger partial charge in [0.25, 0.3) is 0 Å². The van der Waals surface area contributed by atoms with Gasteiger partial charge in [0.2, 0.25) is 0 Å². The summed E-state index contributed by atoms with van der Waals surface area (Å²) in [5, 5.41) is 1.46. The molecule has 1 unspecified atom stereocenters. The molecule has 1 aromatic rings. The zero-order valence-corrected chi connectivity index (χ0v) is 12.1. The quantitative estimate of drug-likeness (QED) is 0.913. The van der Waals surface area contributed by atoms with Crippen LogP contribution in [0.3, 0.4) is 0 Å². The Hall–Kier alpha value is -1.83. The van der Waals surface area contributed by atoms with E-state index in [9.17, 15) is 18.0 Å². The fourth-order valence-electron chi connectivity index (χ4n) is 2.95. The number of nitrogens with zero attached hydrogens (tertiary/aromatic N) is 3. The number of amides is 2. The van der Waals surface area contributed by atoms with Crippen molar-refractivity contribution in [3.05, 3.63) is 29.6 Å². The summed E-state index contributed by atoms with van der Waals surface area (Å²) < 4.78 is 37.5. The first-order valence-electron chi connectivity index (χ1n) is 7.22. The van der Waals surface area contributed by atoms with Crippen LogP contribution in [-0.4, -0.2) is 33.6 Å². The maximum Gasteiger partial charge on any atom is 0.433 e. The van der Waals surface area contributed by atoms with E-state index in [0.717, 1.165) is 18.9 Å². The van der Waals surface area contributed by atoms with Crippen molar-refractivity contribution in [3.8, 4) is 0 Å². The highest BCUT2D eigenvalue weighted by Crippen LogP contribution is 2.29.